The quantitative estimate of drug-likeness (QED) is 0.890. The number of anilines is 2. The van der Waals surface area contributed by atoms with Gasteiger partial charge in [-0.3, -0.25) is 0 Å². The molecule has 1 aromatic carbocycles. The number of nitrogens with zero attached hydrogens (tertiary/aromatic N) is 3. The van der Waals surface area contributed by atoms with Crippen LogP contribution in [0, 0.1) is 0 Å². The molecular formula is C15H18ClN5. The van der Waals surface area contributed by atoms with E-state index in [-0.39, 0.29) is 12.0 Å². The van der Waals surface area contributed by atoms with E-state index >= 15 is 0 Å². The molecule has 2 heterocycles. The largest absolute Gasteiger partial charge is 0.368 e. The monoisotopic (exact) mass is 303 g/mol. The summed E-state index contributed by atoms with van der Waals surface area (Å²) in [5, 5.41) is 0.658. The summed E-state index contributed by atoms with van der Waals surface area (Å²) in [6, 6.07) is 7.92. The fourth-order valence-corrected chi connectivity index (χ4v) is 2.84. The number of hydrogen-bond acceptors (Lipinski definition) is 5. The topological polar surface area (TPSA) is 81.1 Å². The molecule has 5 nitrogen and oxygen atoms in total. The molecule has 1 saturated heterocycles. The van der Waals surface area contributed by atoms with Gasteiger partial charge in [0.2, 0.25) is 5.95 Å². The van der Waals surface area contributed by atoms with Crippen molar-refractivity contribution in [1.82, 2.24) is 9.97 Å². The van der Waals surface area contributed by atoms with Crippen LogP contribution in [0.25, 0.3) is 11.3 Å². The summed E-state index contributed by atoms with van der Waals surface area (Å²) >= 11 is 6.31. The van der Waals surface area contributed by atoms with Gasteiger partial charge in [-0.15, -0.1) is 0 Å². The number of rotatable bonds is 2. The smallest absolute Gasteiger partial charge is 0.220 e. The van der Waals surface area contributed by atoms with Gasteiger partial charge in [-0.25, -0.2) is 9.97 Å². The lowest BCUT2D eigenvalue weighted by Gasteiger charge is -2.32. The molecule has 0 atom stereocenters. The molecule has 0 saturated carbocycles. The van der Waals surface area contributed by atoms with Crippen LogP contribution in [0.2, 0.25) is 5.02 Å². The van der Waals surface area contributed by atoms with E-state index in [0.717, 1.165) is 42.9 Å². The summed E-state index contributed by atoms with van der Waals surface area (Å²) < 4.78 is 0. The number of aromatic nitrogens is 2. The SMILES string of the molecule is Nc1ncc(N2CCC(N)CC2)c(-c2ccccc2Cl)n1. The number of benzene rings is 1. The van der Waals surface area contributed by atoms with Gasteiger partial charge in [-0.2, -0.15) is 0 Å². The molecule has 0 aliphatic carbocycles. The van der Waals surface area contributed by atoms with Gasteiger partial charge in [0.15, 0.2) is 0 Å². The molecule has 21 heavy (non-hydrogen) atoms. The van der Waals surface area contributed by atoms with Crippen LogP contribution in [0.5, 0.6) is 0 Å². The lowest BCUT2D eigenvalue weighted by atomic mass is 10.0. The molecule has 110 valence electrons. The van der Waals surface area contributed by atoms with E-state index in [1.54, 1.807) is 6.20 Å². The molecule has 0 radical (unpaired) electrons. The zero-order valence-corrected chi connectivity index (χ0v) is 12.4. The first kappa shape index (κ1) is 14.1. The lowest BCUT2D eigenvalue weighted by Crippen LogP contribution is -2.40. The number of halogens is 1. The fraction of sp³-hybridized carbons (Fsp3) is 0.333. The van der Waals surface area contributed by atoms with Crippen molar-refractivity contribution in [2.75, 3.05) is 23.7 Å². The maximum absolute atomic E-state index is 6.31. The van der Waals surface area contributed by atoms with E-state index in [1.807, 2.05) is 24.3 Å². The van der Waals surface area contributed by atoms with Crippen molar-refractivity contribution in [3.8, 4) is 11.3 Å². The first-order chi connectivity index (χ1) is 10.1. The predicted octanol–water partition coefficient (Wildman–Crippen LogP) is 2.31. The molecule has 0 unspecified atom stereocenters. The zero-order chi connectivity index (χ0) is 14.8. The first-order valence-electron chi connectivity index (χ1n) is 7.03. The summed E-state index contributed by atoms with van der Waals surface area (Å²) in [5.74, 6) is 0.252. The van der Waals surface area contributed by atoms with Gasteiger partial charge in [0.1, 0.15) is 5.69 Å². The minimum atomic E-state index is 0.252. The van der Waals surface area contributed by atoms with E-state index < -0.39 is 0 Å². The Morgan fingerprint density at radius 2 is 1.90 bits per heavy atom. The highest BCUT2D eigenvalue weighted by atomic mass is 35.5. The Bertz CT molecular complexity index is 638. The van der Waals surface area contributed by atoms with Crippen LogP contribution in [0.4, 0.5) is 11.6 Å². The minimum absolute atomic E-state index is 0.252. The van der Waals surface area contributed by atoms with Gasteiger partial charge in [0.25, 0.3) is 0 Å². The second-order valence-corrected chi connectivity index (χ2v) is 5.67. The number of nitrogens with two attached hydrogens (primary N) is 2. The third-order valence-corrected chi connectivity index (χ3v) is 4.13. The van der Waals surface area contributed by atoms with Crippen molar-refractivity contribution >= 4 is 23.2 Å². The van der Waals surface area contributed by atoms with Crippen LogP contribution >= 0.6 is 11.6 Å². The van der Waals surface area contributed by atoms with Crippen LogP contribution in [-0.4, -0.2) is 29.1 Å². The molecule has 6 heteroatoms. The highest BCUT2D eigenvalue weighted by Gasteiger charge is 2.21. The molecule has 0 bridgehead atoms. The Kier molecular flexibility index (Phi) is 3.94. The van der Waals surface area contributed by atoms with Crippen molar-refractivity contribution in [2.45, 2.75) is 18.9 Å². The second kappa shape index (κ2) is 5.87. The van der Waals surface area contributed by atoms with Gasteiger partial charge in [-0.1, -0.05) is 29.8 Å². The van der Waals surface area contributed by atoms with Crippen LogP contribution in [0.1, 0.15) is 12.8 Å². The van der Waals surface area contributed by atoms with Crippen LogP contribution < -0.4 is 16.4 Å². The van der Waals surface area contributed by atoms with Gasteiger partial charge in [0, 0.05) is 24.7 Å². The van der Waals surface area contributed by atoms with Crippen molar-refractivity contribution in [3.05, 3.63) is 35.5 Å². The van der Waals surface area contributed by atoms with Crippen molar-refractivity contribution in [3.63, 3.8) is 0 Å². The highest BCUT2D eigenvalue weighted by Crippen LogP contribution is 2.34. The van der Waals surface area contributed by atoms with Crippen molar-refractivity contribution in [2.24, 2.45) is 5.73 Å². The van der Waals surface area contributed by atoms with Gasteiger partial charge in [-0.05, 0) is 18.9 Å². The van der Waals surface area contributed by atoms with Gasteiger partial charge >= 0.3 is 0 Å². The van der Waals surface area contributed by atoms with E-state index in [2.05, 4.69) is 14.9 Å². The average molecular weight is 304 g/mol. The van der Waals surface area contributed by atoms with Crippen molar-refractivity contribution < 1.29 is 0 Å². The van der Waals surface area contributed by atoms with Crippen LogP contribution in [0.15, 0.2) is 30.5 Å². The Hall–Kier alpha value is -1.85. The zero-order valence-electron chi connectivity index (χ0n) is 11.7. The highest BCUT2D eigenvalue weighted by molar-refractivity contribution is 6.33. The maximum atomic E-state index is 6.31. The van der Waals surface area contributed by atoms with Gasteiger partial charge in [0.05, 0.1) is 16.9 Å². The molecule has 2 aromatic rings. The predicted molar refractivity (Wildman–Crippen MR) is 86.3 cm³/mol. The van der Waals surface area contributed by atoms with Crippen molar-refractivity contribution in [1.29, 1.82) is 0 Å². The number of nitrogen functional groups attached to an aromatic ring is 1. The molecule has 4 N–H and O–H groups in total. The summed E-state index contributed by atoms with van der Waals surface area (Å²) in [6.07, 6.45) is 3.70. The lowest BCUT2D eigenvalue weighted by molar-refractivity contribution is 0.501. The summed E-state index contributed by atoms with van der Waals surface area (Å²) in [4.78, 5) is 10.8. The average Bonchev–Trinajstić information content (AvgIpc) is 2.49. The normalized spacial score (nSPS) is 16.2. The van der Waals surface area contributed by atoms with Gasteiger partial charge < -0.3 is 16.4 Å². The summed E-state index contributed by atoms with van der Waals surface area (Å²) in [7, 11) is 0. The van der Waals surface area contributed by atoms with E-state index in [0.29, 0.717) is 5.02 Å². The van der Waals surface area contributed by atoms with Crippen LogP contribution in [-0.2, 0) is 0 Å². The van der Waals surface area contributed by atoms with Crippen LogP contribution in [0.3, 0.4) is 0 Å². The second-order valence-electron chi connectivity index (χ2n) is 5.27. The summed E-state index contributed by atoms with van der Waals surface area (Å²) in [6.45, 7) is 1.79. The Balaban J connectivity index is 2.03. The van der Waals surface area contributed by atoms with E-state index in [9.17, 15) is 0 Å². The molecule has 1 aliphatic heterocycles. The number of piperidine rings is 1. The fourth-order valence-electron chi connectivity index (χ4n) is 2.61. The third-order valence-electron chi connectivity index (χ3n) is 3.80. The Labute approximate surface area is 128 Å². The minimum Gasteiger partial charge on any atom is -0.368 e. The Morgan fingerprint density at radius 1 is 1.19 bits per heavy atom. The standard InChI is InChI=1S/C15H18ClN5/c16-12-4-2-1-3-11(12)14-13(9-19-15(18)20-14)21-7-5-10(17)6-8-21/h1-4,9-10H,5-8,17H2,(H2,18,19,20). The first-order valence-corrected chi connectivity index (χ1v) is 7.41. The third kappa shape index (κ3) is 2.94. The summed E-state index contributed by atoms with van der Waals surface area (Å²) in [5.41, 5.74) is 14.4. The van der Waals surface area contributed by atoms with E-state index in [4.69, 9.17) is 23.1 Å². The molecular weight excluding hydrogens is 286 g/mol. The number of hydrogen-bond donors (Lipinski definition) is 2. The molecule has 1 aromatic heterocycles. The molecule has 3 rings (SSSR count). The van der Waals surface area contributed by atoms with E-state index in [1.165, 1.54) is 0 Å². The Morgan fingerprint density at radius 3 is 2.62 bits per heavy atom. The maximum Gasteiger partial charge on any atom is 0.220 e. The molecule has 1 fully saturated rings. The molecule has 1 aliphatic rings. The molecule has 0 amide bonds. The molecule has 0 spiro atoms.